The normalized spacial score (nSPS) is 11.4. The lowest BCUT2D eigenvalue weighted by Crippen LogP contribution is -2.23. The van der Waals surface area contributed by atoms with Crippen LogP contribution >= 0.6 is 0 Å². The molecule has 0 aliphatic heterocycles. The maximum atomic E-state index is 12.0. The van der Waals surface area contributed by atoms with E-state index < -0.39 is 10.0 Å². The third-order valence-corrected chi connectivity index (χ3v) is 3.90. The van der Waals surface area contributed by atoms with E-state index in [2.05, 4.69) is 14.9 Å². The molecule has 0 radical (unpaired) electrons. The number of aliphatic hydroxyl groups is 1. The molecule has 0 bridgehead atoms. The van der Waals surface area contributed by atoms with Gasteiger partial charge in [0.15, 0.2) is 0 Å². The summed E-state index contributed by atoms with van der Waals surface area (Å²) >= 11 is 0. The molecule has 0 unspecified atom stereocenters. The van der Waals surface area contributed by atoms with Gasteiger partial charge in [-0.05, 0) is 29.8 Å². The first-order valence-electron chi connectivity index (χ1n) is 5.58. The minimum Gasteiger partial charge on any atom is -0.392 e. The van der Waals surface area contributed by atoms with Crippen molar-refractivity contribution in [1.29, 1.82) is 0 Å². The molecule has 6 nitrogen and oxygen atoms in total. The summed E-state index contributed by atoms with van der Waals surface area (Å²) in [5.41, 5.74) is 1.20. The Balaban J connectivity index is 2.09. The Morgan fingerprint density at radius 1 is 1.16 bits per heavy atom. The van der Waals surface area contributed by atoms with E-state index in [1.807, 2.05) is 0 Å². The summed E-state index contributed by atoms with van der Waals surface area (Å²) in [5.74, 6) is 0. The molecule has 19 heavy (non-hydrogen) atoms. The van der Waals surface area contributed by atoms with Crippen molar-refractivity contribution in [3.63, 3.8) is 0 Å². The topological polar surface area (TPSA) is 92.2 Å². The molecule has 0 spiro atoms. The summed E-state index contributed by atoms with van der Waals surface area (Å²) in [4.78, 5) is 0.147. The summed E-state index contributed by atoms with van der Waals surface area (Å²) in [6.45, 7) is -0.0364. The average molecular weight is 279 g/mol. The van der Waals surface area contributed by atoms with Crippen LogP contribution in [0.2, 0.25) is 0 Å². The lowest BCUT2D eigenvalue weighted by Gasteiger charge is -2.06. The van der Waals surface area contributed by atoms with Gasteiger partial charge in [0, 0.05) is 6.20 Å². The molecular formula is C12H13N3O3S. The molecule has 0 saturated carbocycles. The molecule has 0 aliphatic rings. The van der Waals surface area contributed by atoms with Crippen molar-refractivity contribution in [2.45, 2.75) is 18.0 Å². The van der Waals surface area contributed by atoms with Gasteiger partial charge in [-0.1, -0.05) is 12.1 Å². The van der Waals surface area contributed by atoms with Crippen molar-refractivity contribution in [3.8, 4) is 0 Å². The fourth-order valence-corrected chi connectivity index (χ4v) is 2.45. The zero-order valence-corrected chi connectivity index (χ0v) is 10.8. The molecule has 0 atom stereocenters. The summed E-state index contributed by atoms with van der Waals surface area (Å²) < 4.78 is 26.4. The monoisotopic (exact) mass is 279 g/mol. The van der Waals surface area contributed by atoms with Crippen LogP contribution in [0.5, 0.6) is 0 Å². The van der Waals surface area contributed by atoms with Crippen LogP contribution in [-0.2, 0) is 23.2 Å². The second kappa shape index (κ2) is 5.87. The fraction of sp³-hybridized carbons (Fsp3) is 0.167. The zero-order valence-electron chi connectivity index (χ0n) is 10.0. The molecule has 100 valence electrons. The van der Waals surface area contributed by atoms with E-state index in [1.165, 1.54) is 18.3 Å². The third-order valence-electron chi connectivity index (χ3n) is 2.49. The number of benzene rings is 1. The maximum Gasteiger partial charge on any atom is 0.240 e. The minimum atomic E-state index is -3.58. The number of hydrogen-bond acceptors (Lipinski definition) is 5. The minimum absolute atomic E-state index is 0.0813. The second-order valence-electron chi connectivity index (χ2n) is 3.84. The predicted molar refractivity (Wildman–Crippen MR) is 68.4 cm³/mol. The van der Waals surface area contributed by atoms with E-state index in [1.54, 1.807) is 24.3 Å². The van der Waals surface area contributed by atoms with Crippen molar-refractivity contribution in [3.05, 3.63) is 53.9 Å². The van der Waals surface area contributed by atoms with Crippen molar-refractivity contribution < 1.29 is 13.5 Å². The SMILES string of the molecule is O=S(=O)(NCc1cccnn1)c1ccc(CO)cc1. The number of nitrogens with one attached hydrogen (secondary N) is 1. The molecule has 0 saturated heterocycles. The van der Waals surface area contributed by atoms with Crippen LogP contribution in [0.25, 0.3) is 0 Å². The Labute approximate surface area is 111 Å². The Morgan fingerprint density at radius 3 is 2.47 bits per heavy atom. The molecule has 1 aromatic heterocycles. The van der Waals surface area contributed by atoms with Gasteiger partial charge in [-0.25, -0.2) is 13.1 Å². The van der Waals surface area contributed by atoms with Gasteiger partial charge in [-0.2, -0.15) is 10.2 Å². The smallest absolute Gasteiger partial charge is 0.240 e. The number of aromatic nitrogens is 2. The Morgan fingerprint density at radius 2 is 1.89 bits per heavy atom. The zero-order chi connectivity index (χ0) is 13.7. The summed E-state index contributed by atoms with van der Waals surface area (Å²) in [6.07, 6.45) is 1.52. The van der Waals surface area contributed by atoms with Crippen LogP contribution in [0.1, 0.15) is 11.3 Å². The molecule has 0 aliphatic carbocycles. The molecule has 1 heterocycles. The molecule has 2 aromatic rings. The van der Waals surface area contributed by atoms with E-state index in [0.29, 0.717) is 11.3 Å². The molecule has 2 N–H and O–H groups in total. The highest BCUT2D eigenvalue weighted by Gasteiger charge is 2.13. The van der Waals surface area contributed by atoms with Gasteiger partial charge in [0.05, 0.1) is 23.7 Å². The first-order chi connectivity index (χ1) is 9.12. The highest BCUT2D eigenvalue weighted by atomic mass is 32.2. The lowest BCUT2D eigenvalue weighted by atomic mass is 10.2. The number of nitrogens with zero attached hydrogens (tertiary/aromatic N) is 2. The van der Waals surface area contributed by atoms with E-state index in [4.69, 9.17) is 5.11 Å². The van der Waals surface area contributed by atoms with Gasteiger partial charge >= 0.3 is 0 Å². The highest BCUT2D eigenvalue weighted by Crippen LogP contribution is 2.10. The maximum absolute atomic E-state index is 12.0. The quantitative estimate of drug-likeness (QED) is 0.829. The molecule has 0 fully saturated rings. The number of sulfonamides is 1. The number of aliphatic hydroxyl groups excluding tert-OH is 1. The second-order valence-corrected chi connectivity index (χ2v) is 5.61. The van der Waals surface area contributed by atoms with Crippen molar-refractivity contribution >= 4 is 10.0 Å². The van der Waals surface area contributed by atoms with Crippen molar-refractivity contribution in [2.24, 2.45) is 0 Å². The highest BCUT2D eigenvalue weighted by molar-refractivity contribution is 7.89. The summed E-state index contributed by atoms with van der Waals surface area (Å²) in [5, 5.41) is 16.4. The van der Waals surface area contributed by atoms with Crippen LogP contribution in [0.4, 0.5) is 0 Å². The van der Waals surface area contributed by atoms with Crippen LogP contribution < -0.4 is 4.72 Å². The largest absolute Gasteiger partial charge is 0.392 e. The Hall–Kier alpha value is -1.83. The van der Waals surface area contributed by atoms with E-state index in [0.717, 1.165) is 0 Å². The van der Waals surface area contributed by atoms with Crippen molar-refractivity contribution in [2.75, 3.05) is 0 Å². The van der Waals surface area contributed by atoms with E-state index in [-0.39, 0.29) is 18.0 Å². The van der Waals surface area contributed by atoms with Crippen LogP contribution in [-0.4, -0.2) is 23.7 Å². The first kappa shape index (κ1) is 13.6. The van der Waals surface area contributed by atoms with Crippen LogP contribution in [0, 0.1) is 0 Å². The standard InChI is InChI=1S/C12H13N3O3S/c16-9-10-3-5-12(6-4-10)19(17,18)14-8-11-2-1-7-13-15-11/h1-7,14,16H,8-9H2. The molecule has 0 amide bonds. The number of hydrogen-bond donors (Lipinski definition) is 2. The molecule has 2 rings (SSSR count). The fourth-order valence-electron chi connectivity index (χ4n) is 1.45. The third kappa shape index (κ3) is 3.57. The van der Waals surface area contributed by atoms with Gasteiger partial charge in [-0.3, -0.25) is 0 Å². The Bertz CT molecular complexity index is 627. The lowest BCUT2D eigenvalue weighted by molar-refractivity contribution is 0.282. The van der Waals surface area contributed by atoms with E-state index in [9.17, 15) is 8.42 Å². The van der Waals surface area contributed by atoms with Gasteiger partial charge in [0.2, 0.25) is 10.0 Å². The number of rotatable bonds is 5. The average Bonchev–Trinajstić information content (AvgIpc) is 2.46. The van der Waals surface area contributed by atoms with Crippen LogP contribution in [0.3, 0.4) is 0 Å². The first-order valence-corrected chi connectivity index (χ1v) is 7.06. The van der Waals surface area contributed by atoms with Gasteiger partial charge in [-0.15, -0.1) is 0 Å². The molecule has 7 heteroatoms. The molecular weight excluding hydrogens is 266 g/mol. The van der Waals surface area contributed by atoms with E-state index >= 15 is 0 Å². The summed E-state index contributed by atoms with van der Waals surface area (Å²) in [6, 6.07) is 9.40. The predicted octanol–water partition coefficient (Wildman–Crippen LogP) is 0.447. The Kier molecular flexibility index (Phi) is 4.20. The van der Waals surface area contributed by atoms with Gasteiger partial charge in [0.1, 0.15) is 0 Å². The van der Waals surface area contributed by atoms with Crippen molar-refractivity contribution in [1.82, 2.24) is 14.9 Å². The van der Waals surface area contributed by atoms with Crippen LogP contribution in [0.15, 0.2) is 47.5 Å². The van der Waals surface area contributed by atoms with Gasteiger partial charge < -0.3 is 5.11 Å². The summed E-state index contributed by atoms with van der Waals surface area (Å²) in [7, 11) is -3.58. The van der Waals surface area contributed by atoms with Gasteiger partial charge in [0.25, 0.3) is 0 Å². The molecule has 1 aromatic carbocycles.